The van der Waals surface area contributed by atoms with Crippen LogP contribution in [0.25, 0.3) is 0 Å². The van der Waals surface area contributed by atoms with Gasteiger partial charge in [-0.05, 0) is 0 Å². The second kappa shape index (κ2) is 2.84. The fraction of sp³-hybridized carbons (Fsp3) is 0.333. The lowest BCUT2D eigenvalue weighted by molar-refractivity contribution is -0.145. The molecule has 3 N–H and O–H groups in total. The number of rotatable bonds is 0. The molecule has 0 rings (SSSR count). The number of nitrogens with one attached hydrogen (secondary N) is 1. The minimum Gasteiger partial charge on any atom is -0.349 e. The fourth-order valence-corrected chi connectivity index (χ4v) is 0.122. The lowest BCUT2D eigenvalue weighted by atomic mass is 10.8. The topological polar surface area (TPSA) is 81.4 Å². The Morgan fingerprint density at radius 1 is 1.62 bits per heavy atom. The Morgan fingerprint density at radius 2 is 2.12 bits per heavy atom. The Labute approximate surface area is 45.7 Å². The van der Waals surface area contributed by atoms with Crippen molar-refractivity contribution in [1.29, 1.82) is 0 Å². The zero-order valence-corrected chi connectivity index (χ0v) is 4.30. The van der Waals surface area contributed by atoms with Crippen molar-refractivity contribution >= 4 is 12.0 Å². The number of nitrogens with two attached hydrogens (primary N) is 1. The Bertz CT molecular complexity index is 97.1. The summed E-state index contributed by atoms with van der Waals surface area (Å²) >= 11 is 0. The highest BCUT2D eigenvalue weighted by molar-refractivity contribution is 5.73. The number of hydroxylamine groups is 1. The quantitative estimate of drug-likeness (QED) is 0.406. The number of amides is 2. The van der Waals surface area contributed by atoms with Gasteiger partial charge in [-0.25, -0.2) is 4.79 Å². The van der Waals surface area contributed by atoms with E-state index in [1.54, 1.807) is 5.48 Å². The molecule has 0 unspecified atom stereocenters. The molecule has 0 radical (unpaired) electrons. The first kappa shape index (κ1) is 6.74. The van der Waals surface area contributed by atoms with E-state index in [2.05, 4.69) is 10.6 Å². The Kier molecular flexibility index (Phi) is 2.39. The molecule has 0 aromatic heterocycles. The third-order valence-electron chi connectivity index (χ3n) is 0.295. The molecule has 8 heavy (non-hydrogen) atoms. The number of hydrogen-bond acceptors (Lipinski definition) is 3. The van der Waals surface area contributed by atoms with Gasteiger partial charge >= 0.3 is 12.0 Å². The van der Waals surface area contributed by atoms with Gasteiger partial charge in [-0.2, -0.15) is 5.48 Å². The van der Waals surface area contributed by atoms with Crippen molar-refractivity contribution < 1.29 is 14.4 Å². The zero-order valence-electron chi connectivity index (χ0n) is 4.30. The van der Waals surface area contributed by atoms with Crippen molar-refractivity contribution in [2.45, 2.75) is 6.92 Å². The molecular formula is C3H6N2O3. The lowest BCUT2D eigenvalue weighted by Crippen LogP contribution is -2.30. The van der Waals surface area contributed by atoms with Gasteiger partial charge in [-0.3, -0.25) is 4.79 Å². The van der Waals surface area contributed by atoms with Gasteiger partial charge in [0.1, 0.15) is 0 Å². The maximum absolute atomic E-state index is 9.86. The van der Waals surface area contributed by atoms with Crippen LogP contribution >= 0.6 is 0 Å². The van der Waals surface area contributed by atoms with Gasteiger partial charge < -0.3 is 10.6 Å². The summed E-state index contributed by atoms with van der Waals surface area (Å²) in [5, 5.41) is 0. The van der Waals surface area contributed by atoms with E-state index in [0.717, 1.165) is 6.92 Å². The van der Waals surface area contributed by atoms with Crippen LogP contribution in [0.2, 0.25) is 0 Å². The molecule has 0 atom stereocenters. The highest BCUT2D eigenvalue weighted by Gasteiger charge is 1.92. The molecule has 0 aliphatic rings. The summed E-state index contributed by atoms with van der Waals surface area (Å²) in [4.78, 5) is 23.5. The zero-order chi connectivity index (χ0) is 6.57. The van der Waals surface area contributed by atoms with E-state index < -0.39 is 12.0 Å². The Balaban J connectivity index is 3.18. The molecular weight excluding hydrogens is 112 g/mol. The number of carbonyl (C=O) groups is 2. The molecule has 0 aromatic rings. The Hall–Kier alpha value is -1.26. The first-order chi connectivity index (χ1) is 3.63. The SMILES string of the molecule is CC(=O)ONC(N)=O. The summed E-state index contributed by atoms with van der Waals surface area (Å²) in [7, 11) is 0. The van der Waals surface area contributed by atoms with E-state index in [9.17, 15) is 9.59 Å². The van der Waals surface area contributed by atoms with Crippen LogP contribution in [0.5, 0.6) is 0 Å². The van der Waals surface area contributed by atoms with E-state index in [0.29, 0.717) is 0 Å². The van der Waals surface area contributed by atoms with Crippen molar-refractivity contribution in [3.8, 4) is 0 Å². The maximum atomic E-state index is 9.86. The second-order valence-corrected chi connectivity index (χ2v) is 1.06. The van der Waals surface area contributed by atoms with Gasteiger partial charge in [0, 0.05) is 6.92 Å². The van der Waals surface area contributed by atoms with Gasteiger partial charge in [0.2, 0.25) is 0 Å². The standard InChI is InChI=1S/C3H6N2O3/c1-2(6)8-5-3(4)7/h1H3,(H3,4,5,7). The van der Waals surface area contributed by atoms with Crippen molar-refractivity contribution in [2.75, 3.05) is 0 Å². The first-order valence-electron chi connectivity index (χ1n) is 1.86. The molecule has 0 heterocycles. The minimum absolute atomic E-state index is 0.608. The lowest BCUT2D eigenvalue weighted by Gasteiger charge is -1.95. The van der Waals surface area contributed by atoms with Crippen LogP contribution in [-0.4, -0.2) is 12.0 Å². The molecule has 5 heteroatoms. The molecule has 0 aromatic carbocycles. The van der Waals surface area contributed by atoms with Crippen molar-refractivity contribution in [1.82, 2.24) is 5.48 Å². The number of carbonyl (C=O) groups excluding carboxylic acids is 2. The molecule has 46 valence electrons. The van der Waals surface area contributed by atoms with Gasteiger partial charge in [0.25, 0.3) is 0 Å². The van der Waals surface area contributed by atoms with Crippen molar-refractivity contribution in [3.05, 3.63) is 0 Å². The summed E-state index contributed by atoms with van der Waals surface area (Å²) < 4.78 is 0. The van der Waals surface area contributed by atoms with Crippen molar-refractivity contribution in [3.63, 3.8) is 0 Å². The van der Waals surface area contributed by atoms with Crippen molar-refractivity contribution in [2.24, 2.45) is 5.73 Å². The molecule has 0 spiro atoms. The molecule has 0 fully saturated rings. The van der Waals surface area contributed by atoms with Crippen LogP contribution in [-0.2, 0) is 9.63 Å². The van der Waals surface area contributed by atoms with Gasteiger partial charge in [-0.1, -0.05) is 0 Å². The van der Waals surface area contributed by atoms with Crippen LogP contribution in [0.4, 0.5) is 4.79 Å². The smallest absolute Gasteiger partial charge is 0.345 e. The summed E-state index contributed by atoms with van der Waals surface area (Å²) in [5.41, 5.74) is 6.15. The largest absolute Gasteiger partial charge is 0.349 e. The molecule has 0 saturated carbocycles. The number of hydrogen-bond donors (Lipinski definition) is 2. The minimum atomic E-state index is -0.889. The normalized spacial score (nSPS) is 7.62. The van der Waals surface area contributed by atoms with Crippen LogP contribution < -0.4 is 11.2 Å². The molecule has 2 amide bonds. The Morgan fingerprint density at radius 3 is 2.25 bits per heavy atom. The summed E-state index contributed by atoms with van der Waals surface area (Å²) in [6.45, 7) is 1.15. The van der Waals surface area contributed by atoms with Gasteiger partial charge in [0.15, 0.2) is 0 Å². The van der Waals surface area contributed by atoms with E-state index in [1.807, 2.05) is 0 Å². The fourth-order valence-electron chi connectivity index (χ4n) is 0.122. The maximum Gasteiger partial charge on any atom is 0.345 e. The summed E-state index contributed by atoms with van der Waals surface area (Å²) in [6.07, 6.45) is 0. The van der Waals surface area contributed by atoms with Crippen LogP contribution in [0.3, 0.4) is 0 Å². The molecule has 0 bridgehead atoms. The molecule has 5 nitrogen and oxygen atoms in total. The molecule has 0 aliphatic carbocycles. The monoisotopic (exact) mass is 118 g/mol. The highest BCUT2D eigenvalue weighted by Crippen LogP contribution is 1.65. The average Bonchev–Trinajstić information content (AvgIpc) is 1.61. The van der Waals surface area contributed by atoms with Gasteiger partial charge in [-0.15, -0.1) is 0 Å². The first-order valence-corrected chi connectivity index (χ1v) is 1.86. The van der Waals surface area contributed by atoms with Crippen LogP contribution in [0, 0.1) is 0 Å². The average molecular weight is 118 g/mol. The highest BCUT2D eigenvalue weighted by atomic mass is 16.7. The van der Waals surface area contributed by atoms with Crippen LogP contribution in [0.15, 0.2) is 0 Å². The van der Waals surface area contributed by atoms with Crippen LogP contribution in [0.1, 0.15) is 6.92 Å². The predicted octanol–water partition coefficient (Wildman–Crippen LogP) is -0.867. The third kappa shape index (κ3) is 4.74. The second-order valence-electron chi connectivity index (χ2n) is 1.06. The summed E-state index contributed by atoms with van der Waals surface area (Å²) in [6, 6.07) is -0.889. The molecule has 0 aliphatic heterocycles. The van der Waals surface area contributed by atoms with E-state index in [1.165, 1.54) is 0 Å². The van der Waals surface area contributed by atoms with E-state index in [4.69, 9.17) is 0 Å². The number of primary amides is 1. The molecule has 0 saturated heterocycles. The summed E-state index contributed by atoms with van der Waals surface area (Å²) in [5.74, 6) is -0.608. The van der Waals surface area contributed by atoms with E-state index >= 15 is 0 Å². The third-order valence-corrected chi connectivity index (χ3v) is 0.295. The van der Waals surface area contributed by atoms with Gasteiger partial charge in [0.05, 0.1) is 0 Å². The number of urea groups is 1. The predicted molar refractivity (Wildman–Crippen MR) is 24.5 cm³/mol. The van der Waals surface area contributed by atoms with E-state index in [-0.39, 0.29) is 0 Å².